The molecule has 0 saturated heterocycles. The van der Waals surface area contributed by atoms with Gasteiger partial charge in [0.1, 0.15) is 6.10 Å². The van der Waals surface area contributed by atoms with E-state index in [0.717, 1.165) is 49.2 Å². The first-order valence-electron chi connectivity index (χ1n) is 7.88. The SMILES string of the molecule is COC1(C(O)c2ccc3c(c2)OCCCO3)CCCCC1. The lowest BCUT2D eigenvalue weighted by molar-refractivity contribution is -0.125. The van der Waals surface area contributed by atoms with Crippen LogP contribution < -0.4 is 9.47 Å². The second-order valence-corrected chi connectivity index (χ2v) is 5.99. The highest BCUT2D eigenvalue weighted by Gasteiger charge is 2.40. The molecule has 0 amide bonds. The van der Waals surface area contributed by atoms with Crippen molar-refractivity contribution < 1.29 is 19.3 Å². The zero-order chi connectivity index (χ0) is 14.7. The van der Waals surface area contributed by atoms with E-state index in [1.165, 1.54) is 6.42 Å². The van der Waals surface area contributed by atoms with Gasteiger partial charge >= 0.3 is 0 Å². The van der Waals surface area contributed by atoms with Crippen LogP contribution in [0.1, 0.15) is 50.2 Å². The van der Waals surface area contributed by atoms with Gasteiger partial charge in [-0.1, -0.05) is 25.3 Å². The lowest BCUT2D eigenvalue weighted by Crippen LogP contribution is -2.40. The van der Waals surface area contributed by atoms with E-state index in [1.54, 1.807) is 7.11 Å². The van der Waals surface area contributed by atoms with Crippen LogP contribution in [0.5, 0.6) is 11.5 Å². The number of rotatable bonds is 3. The van der Waals surface area contributed by atoms with Crippen molar-refractivity contribution in [3.05, 3.63) is 23.8 Å². The van der Waals surface area contributed by atoms with Gasteiger partial charge in [0.15, 0.2) is 11.5 Å². The molecule has 1 atom stereocenters. The Morgan fingerprint density at radius 1 is 1.05 bits per heavy atom. The molecule has 116 valence electrons. The molecule has 0 spiro atoms. The summed E-state index contributed by atoms with van der Waals surface area (Å²) in [5.41, 5.74) is 0.390. The van der Waals surface area contributed by atoms with Gasteiger partial charge in [0, 0.05) is 13.5 Å². The minimum Gasteiger partial charge on any atom is -0.490 e. The lowest BCUT2D eigenvalue weighted by atomic mass is 9.78. The molecule has 1 fully saturated rings. The molecule has 2 aliphatic rings. The minimum absolute atomic E-state index is 0.460. The molecule has 1 aliphatic carbocycles. The summed E-state index contributed by atoms with van der Waals surface area (Å²) in [6.07, 6.45) is 5.50. The van der Waals surface area contributed by atoms with Gasteiger partial charge in [-0.05, 0) is 30.5 Å². The van der Waals surface area contributed by atoms with Crippen molar-refractivity contribution in [1.29, 1.82) is 0 Å². The van der Waals surface area contributed by atoms with E-state index in [0.29, 0.717) is 13.2 Å². The number of benzene rings is 1. The van der Waals surface area contributed by atoms with Crippen molar-refractivity contribution in [3.8, 4) is 11.5 Å². The highest BCUT2D eigenvalue weighted by atomic mass is 16.5. The minimum atomic E-state index is -0.625. The molecule has 0 aromatic heterocycles. The lowest BCUT2D eigenvalue weighted by Gasteiger charge is -2.40. The molecule has 1 aromatic rings. The molecular formula is C17H24O4. The molecule has 1 aliphatic heterocycles. The molecule has 21 heavy (non-hydrogen) atoms. The summed E-state index contributed by atoms with van der Waals surface area (Å²) < 4.78 is 17.1. The van der Waals surface area contributed by atoms with Crippen molar-refractivity contribution in [2.45, 2.75) is 50.2 Å². The van der Waals surface area contributed by atoms with Crippen molar-refractivity contribution in [2.24, 2.45) is 0 Å². The standard InChI is InChI=1S/C17H24O4/c1-19-17(8-3-2-4-9-17)16(18)13-6-7-14-15(12-13)21-11-5-10-20-14/h6-7,12,16,18H,2-5,8-11H2,1H3. The quantitative estimate of drug-likeness (QED) is 0.929. The Kier molecular flexibility index (Phi) is 4.36. The number of ether oxygens (including phenoxy) is 3. The average Bonchev–Trinajstić information content (AvgIpc) is 2.79. The maximum absolute atomic E-state index is 10.8. The largest absolute Gasteiger partial charge is 0.490 e. The number of aliphatic hydroxyl groups excluding tert-OH is 1. The van der Waals surface area contributed by atoms with Crippen LogP contribution in [0.15, 0.2) is 18.2 Å². The molecule has 3 rings (SSSR count). The van der Waals surface area contributed by atoms with E-state index in [2.05, 4.69) is 0 Å². The Bertz CT molecular complexity index is 480. The Labute approximate surface area is 126 Å². The summed E-state index contributed by atoms with van der Waals surface area (Å²) in [7, 11) is 1.71. The first kappa shape index (κ1) is 14.7. The fraction of sp³-hybridized carbons (Fsp3) is 0.647. The summed E-state index contributed by atoms with van der Waals surface area (Å²) in [6.45, 7) is 1.33. The van der Waals surface area contributed by atoms with E-state index >= 15 is 0 Å². The summed E-state index contributed by atoms with van der Waals surface area (Å²) in [6, 6.07) is 5.72. The van der Waals surface area contributed by atoms with Gasteiger partial charge in [-0.25, -0.2) is 0 Å². The molecule has 0 bridgehead atoms. The molecule has 4 heteroatoms. The van der Waals surface area contributed by atoms with Gasteiger partial charge < -0.3 is 19.3 Å². The third kappa shape index (κ3) is 2.87. The fourth-order valence-corrected chi connectivity index (χ4v) is 3.39. The van der Waals surface area contributed by atoms with Gasteiger partial charge in [0.25, 0.3) is 0 Å². The number of fused-ring (bicyclic) bond motifs is 1. The molecule has 4 nitrogen and oxygen atoms in total. The molecular weight excluding hydrogens is 268 g/mol. The van der Waals surface area contributed by atoms with Crippen LogP contribution in [0, 0.1) is 0 Å². The smallest absolute Gasteiger partial charge is 0.161 e. The Balaban J connectivity index is 1.86. The predicted molar refractivity (Wildman–Crippen MR) is 79.8 cm³/mol. The van der Waals surface area contributed by atoms with Crippen molar-refractivity contribution in [1.82, 2.24) is 0 Å². The highest BCUT2D eigenvalue weighted by molar-refractivity contribution is 5.44. The van der Waals surface area contributed by atoms with Crippen molar-refractivity contribution in [2.75, 3.05) is 20.3 Å². The first-order chi connectivity index (χ1) is 10.2. The third-order valence-electron chi connectivity index (χ3n) is 4.69. The van der Waals surface area contributed by atoms with Crippen LogP contribution in [0.2, 0.25) is 0 Å². The maximum Gasteiger partial charge on any atom is 0.161 e. The molecule has 1 aromatic carbocycles. The third-order valence-corrected chi connectivity index (χ3v) is 4.69. The fourth-order valence-electron chi connectivity index (χ4n) is 3.39. The van der Waals surface area contributed by atoms with Crippen molar-refractivity contribution in [3.63, 3.8) is 0 Å². The number of aliphatic hydroxyl groups is 1. The second kappa shape index (κ2) is 6.24. The molecule has 0 radical (unpaired) electrons. The highest BCUT2D eigenvalue weighted by Crippen LogP contribution is 2.43. The van der Waals surface area contributed by atoms with E-state index in [4.69, 9.17) is 14.2 Å². The Morgan fingerprint density at radius 3 is 2.48 bits per heavy atom. The predicted octanol–water partition coefficient (Wildman–Crippen LogP) is 3.23. The number of methoxy groups -OCH3 is 1. The van der Waals surface area contributed by atoms with Crippen LogP contribution in [0.4, 0.5) is 0 Å². The second-order valence-electron chi connectivity index (χ2n) is 5.99. The monoisotopic (exact) mass is 292 g/mol. The van der Waals surface area contributed by atoms with Gasteiger partial charge in [0.05, 0.1) is 18.8 Å². The van der Waals surface area contributed by atoms with E-state index in [1.807, 2.05) is 18.2 Å². The first-order valence-corrected chi connectivity index (χ1v) is 7.88. The number of hydrogen-bond donors (Lipinski definition) is 1. The molecule has 1 N–H and O–H groups in total. The average molecular weight is 292 g/mol. The summed E-state index contributed by atoms with van der Waals surface area (Å²) in [5, 5.41) is 10.8. The summed E-state index contributed by atoms with van der Waals surface area (Å²) in [5.74, 6) is 1.49. The Morgan fingerprint density at radius 2 is 1.76 bits per heavy atom. The number of hydrogen-bond acceptors (Lipinski definition) is 4. The van der Waals surface area contributed by atoms with Crippen molar-refractivity contribution >= 4 is 0 Å². The molecule has 1 unspecified atom stereocenters. The van der Waals surface area contributed by atoms with Gasteiger partial charge in [-0.3, -0.25) is 0 Å². The van der Waals surface area contributed by atoms with Gasteiger partial charge in [-0.15, -0.1) is 0 Å². The van der Waals surface area contributed by atoms with Crippen LogP contribution in [0.25, 0.3) is 0 Å². The summed E-state index contributed by atoms with van der Waals surface area (Å²) >= 11 is 0. The zero-order valence-electron chi connectivity index (χ0n) is 12.6. The topological polar surface area (TPSA) is 47.9 Å². The van der Waals surface area contributed by atoms with E-state index in [-0.39, 0.29) is 0 Å². The van der Waals surface area contributed by atoms with Crippen LogP contribution in [0.3, 0.4) is 0 Å². The maximum atomic E-state index is 10.8. The van der Waals surface area contributed by atoms with Crippen LogP contribution in [-0.4, -0.2) is 31.0 Å². The van der Waals surface area contributed by atoms with Crippen LogP contribution >= 0.6 is 0 Å². The van der Waals surface area contributed by atoms with Gasteiger partial charge in [-0.2, -0.15) is 0 Å². The zero-order valence-corrected chi connectivity index (χ0v) is 12.6. The molecule has 1 heterocycles. The van der Waals surface area contributed by atoms with E-state index < -0.39 is 11.7 Å². The van der Waals surface area contributed by atoms with Gasteiger partial charge in [0.2, 0.25) is 0 Å². The Hall–Kier alpha value is -1.26. The van der Waals surface area contributed by atoms with Crippen LogP contribution in [-0.2, 0) is 4.74 Å². The van der Waals surface area contributed by atoms with E-state index in [9.17, 15) is 5.11 Å². The molecule has 1 saturated carbocycles. The summed E-state index contributed by atoms with van der Waals surface area (Å²) in [4.78, 5) is 0. The normalized spacial score (nSPS) is 22.4.